The van der Waals surface area contributed by atoms with Crippen LogP contribution in [0.15, 0.2) is 70.6 Å². The first-order valence-corrected chi connectivity index (χ1v) is 12.5. The van der Waals surface area contributed by atoms with Gasteiger partial charge in [0.15, 0.2) is 10.9 Å². The van der Waals surface area contributed by atoms with Crippen LogP contribution in [0.5, 0.6) is 5.75 Å². The number of hydrogen-bond donors (Lipinski definition) is 1. The maximum absolute atomic E-state index is 13.4. The van der Waals surface area contributed by atoms with E-state index in [1.54, 1.807) is 24.3 Å². The molecule has 0 aliphatic carbocycles. The Labute approximate surface area is 204 Å². The Morgan fingerprint density at radius 3 is 2.59 bits per heavy atom. The number of aromatic nitrogens is 2. The zero-order valence-corrected chi connectivity index (χ0v) is 20.4. The molecule has 2 aromatic carbocycles. The molecule has 174 valence electrons. The smallest absolute Gasteiger partial charge is 0.266 e. The Balaban J connectivity index is 1.62. The summed E-state index contributed by atoms with van der Waals surface area (Å²) >= 11 is 2.57. The summed E-state index contributed by atoms with van der Waals surface area (Å²) in [5.74, 6) is 0.656. The van der Waals surface area contributed by atoms with Crippen molar-refractivity contribution >= 4 is 45.7 Å². The van der Waals surface area contributed by atoms with Crippen LogP contribution in [0.2, 0.25) is 0 Å². The van der Waals surface area contributed by atoms with E-state index >= 15 is 0 Å². The normalized spacial score (nSPS) is 10.9. The molecule has 0 spiro atoms. The van der Waals surface area contributed by atoms with Crippen LogP contribution in [-0.2, 0) is 11.3 Å². The Kier molecular flexibility index (Phi) is 7.44. The van der Waals surface area contributed by atoms with Gasteiger partial charge in [-0.3, -0.25) is 19.0 Å². The van der Waals surface area contributed by atoms with Crippen LogP contribution < -0.4 is 15.6 Å². The van der Waals surface area contributed by atoms with Gasteiger partial charge in [-0.05, 0) is 55.5 Å². The van der Waals surface area contributed by atoms with Gasteiger partial charge in [0.2, 0.25) is 5.91 Å². The molecular formula is C25H23N3O4S2. The lowest BCUT2D eigenvalue weighted by molar-refractivity contribution is -0.119. The third kappa shape index (κ3) is 5.37. The van der Waals surface area contributed by atoms with Crippen LogP contribution >= 0.6 is 23.1 Å². The number of para-hydroxylation sites is 1. The van der Waals surface area contributed by atoms with Gasteiger partial charge in [-0.25, -0.2) is 4.98 Å². The van der Waals surface area contributed by atoms with E-state index in [4.69, 9.17) is 4.74 Å². The molecule has 1 amide bonds. The van der Waals surface area contributed by atoms with Crippen LogP contribution in [0.1, 0.15) is 28.4 Å². The van der Waals surface area contributed by atoms with Crippen LogP contribution in [-0.4, -0.2) is 33.6 Å². The van der Waals surface area contributed by atoms with Crippen LogP contribution in [0.3, 0.4) is 0 Å². The van der Waals surface area contributed by atoms with E-state index in [0.29, 0.717) is 45.5 Å². The van der Waals surface area contributed by atoms with E-state index in [2.05, 4.69) is 10.3 Å². The molecule has 4 rings (SSSR count). The predicted molar refractivity (Wildman–Crippen MR) is 135 cm³/mol. The quantitative estimate of drug-likeness (QED) is 0.210. The predicted octanol–water partition coefficient (Wildman–Crippen LogP) is 4.46. The summed E-state index contributed by atoms with van der Waals surface area (Å²) in [6.07, 6.45) is 0. The molecule has 0 fully saturated rings. The minimum absolute atomic E-state index is 0.0651. The van der Waals surface area contributed by atoms with Gasteiger partial charge in [0.05, 0.1) is 40.4 Å². The monoisotopic (exact) mass is 493 g/mol. The Morgan fingerprint density at radius 1 is 1.09 bits per heavy atom. The number of hydrogen-bond acceptors (Lipinski definition) is 7. The molecular weight excluding hydrogens is 470 g/mol. The highest BCUT2D eigenvalue weighted by atomic mass is 32.2. The van der Waals surface area contributed by atoms with Gasteiger partial charge in [0.25, 0.3) is 5.56 Å². The maximum atomic E-state index is 13.4. The Hall–Kier alpha value is -3.43. The summed E-state index contributed by atoms with van der Waals surface area (Å²) in [5.41, 5.74) is 1.03. The lowest BCUT2D eigenvalue weighted by Crippen LogP contribution is -2.22. The van der Waals surface area contributed by atoms with E-state index in [-0.39, 0.29) is 23.0 Å². The molecule has 34 heavy (non-hydrogen) atoms. The summed E-state index contributed by atoms with van der Waals surface area (Å²) in [7, 11) is 0. The number of carbonyl (C=O) groups excluding carboxylic acids is 2. The number of ether oxygens (including phenoxy) is 1. The maximum Gasteiger partial charge on any atom is 0.266 e. The fraction of sp³-hybridized carbons (Fsp3) is 0.200. The van der Waals surface area contributed by atoms with Gasteiger partial charge in [0.1, 0.15) is 5.75 Å². The van der Waals surface area contributed by atoms with E-state index < -0.39 is 0 Å². The van der Waals surface area contributed by atoms with Crippen LogP contribution in [0.4, 0.5) is 0 Å². The summed E-state index contributed by atoms with van der Waals surface area (Å²) in [5, 5.41) is 3.68. The highest BCUT2D eigenvalue weighted by Gasteiger charge is 2.16. The van der Waals surface area contributed by atoms with Gasteiger partial charge in [-0.15, -0.1) is 11.3 Å². The molecule has 4 aromatic rings. The van der Waals surface area contributed by atoms with E-state index in [0.717, 1.165) is 4.88 Å². The van der Waals surface area contributed by atoms with Crippen molar-refractivity contribution in [3.63, 3.8) is 0 Å². The summed E-state index contributed by atoms with van der Waals surface area (Å²) in [6.45, 7) is 4.31. The fourth-order valence-electron chi connectivity index (χ4n) is 3.33. The van der Waals surface area contributed by atoms with Gasteiger partial charge >= 0.3 is 0 Å². The summed E-state index contributed by atoms with van der Waals surface area (Å²) < 4.78 is 7.05. The fourth-order valence-corrected chi connectivity index (χ4v) is 5.20. The van der Waals surface area contributed by atoms with Crippen molar-refractivity contribution in [3.05, 3.63) is 80.8 Å². The van der Waals surface area contributed by atoms with Crippen molar-refractivity contribution in [2.24, 2.45) is 0 Å². The first-order valence-electron chi connectivity index (χ1n) is 10.7. The molecule has 0 bridgehead atoms. The van der Waals surface area contributed by atoms with Crippen molar-refractivity contribution in [3.8, 4) is 11.4 Å². The topological polar surface area (TPSA) is 90.3 Å². The zero-order valence-electron chi connectivity index (χ0n) is 18.7. The number of nitrogens with zero attached hydrogens (tertiary/aromatic N) is 2. The number of thiophene rings is 1. The second-order valence-corrected chi connectivity index (χ2v) is 9.48. The highest BCUT2D eigenvalue weighted by molar-refractivity contribution is 7.99. The van der Waals surface area contributed by atoms with E-state index in [1.165, 1.54) is 34.6 Å². The molecule has 0 saturated carbocycles. The number of benzene rings is 2. The largest absolute Gasteiger partial charge is 0.494 e. The minimum Gasteiger partial charge on any atom is -0.494 e. The molecule has 0 atom stereocenters. The molecule has 7 nitrogen and oxygen atoms in total. The van der Waals surface area contributed by atoms with Crippen molar-refractivity contribution in [2.75, 3.05) is 12.4 Å². The standard InChI is InChI=1S/C25H23N3O4S2/c1-3-32-18-10-8-17(9-11-18)28-24(31)20-6-4-5-7-21(20)27-25(28)33-15-22(30)23-13-12-19(34-23)14-26-16(2)29/h4-13H,3,14-15H2,1-2H3,(H,26,29). The number of amides is 1. The Morgan fingerprint density at radius 2 is 1.85 bits per heavy atom. The third-order valence-electron chi connectivity index (χ3n) is 4.93. The Bertz CT molecular complexity index is 1390. The van der Waals surface area contributed by atoms with Crippen molar-refractivity contribution in [2.45, 2.75) is 25.5 Å². The molecule has 1 N–H and O–H groups in total. The molecule has 0 unspecified atom stereocenters. The number of rotatable bonds is 9. The molecule has 0 aliphatic heterocycles. The number of fused-ring (bicyclic) bond motifs is 1. The highest BCUT2D eigenvalue weighted by Crippen LogP contribution is 2.25. The molecule has 0 radical (unpaired) electrons. The second kappa shape index (κ2) is 10.7. The van der Waals surface area contributed by atoms with E-state index in [1.807, 2.05) is 43.3 Å². The van der Waals surface area contributed by atoms with Gasteiger partial charge < -0.3 is 10.1 Å². The van der Waals surface area contributed by atoms with Crippen molar-refractivity contribution in [1.82, 2.24) is 14.9 Å². The third-order valence-corrected chi connectivity index (χ3v) is 7.00. The molecule has 9 heteroatoms. The molecule has 2 aromatic heterocycles. The number of nitrogens with one attached hydrogen (secondary N) is 1. The zero-order chi connectivity index (χ0) is 24.1. The molecule has 0 aliphatic rings. The SMILES string of the molecule is CCOc1ccc(-n2c(SCC(=O)c3ccc(CNC(C)=O)s3)nc3ccccc3c2=O)cc1. The second-order valence-electron chi connectivity index (χ2n) is 7.37. The number of thioether (sulfide) groups is 1. The van der Waals surface area contributed by atoms with Crippen LogP contribution in [0, 0.1) is 0 Å². The average molecular weight is 494 g/mol. The first kappa shape index (κ1) is 23.7. The van der Waals surface area contributed by atoms with Crippen molar-refractivity contribution in [1.29, 1.82) is 0 Å². The number of carbonyl (C=O) groups is 2. The van der Waals surface area contributed by atoms with Crippen molar-refractivity contribution < 1.29 is 14.3 Å². The summed E-state index contributed by atoms with van der Waals surface area (Å²) in [4.78, 5) is 43.5. The first-order chi connectivity index (χ1) is 16.5. The number of Topliss-reactive ketones (excluding diaryl/α,β-unsaturated/α-hetero) is 1. The number of ketones is 1. The van der Waals surface area contributed by atoms with Gasteiger partial charge in [0, 0.05) is 11.8 Å². The van der Waals surface area contributed by atoms with E-state index in [9.17, 15) is 14.4 Å². The average Bonchev–Trinajstić information content (AvgIpc) is 3.32. The summed E-state index contributed by atoms with van der Waals surface area (Å²) in [6, 6.07) is 18.0. The van der Waals surface area contributed by atoms with Gasteiger partial charge in [-0.1, -0.05) is 23.9 Å². The molecule has 2 heterocycles. The van der Waals surface area contributed by atoms with Crippen LogP contribution in [0.25, 0.3) is 16.6 Å². The lowest BCUT2D eigenvalue weighted by Gasteiger charge is -2.13. The molecule has 0 saturated heterocycles. The minimum atomic E-state index is -0.196. The lowest BCUT2D eigenvalue weighted by atomic mass is 10.2. The van der Waals surface area contributed by atoms with Gasteiger partial charge in [-0.2, -0.15) is 0 Å².